The lowest BCUT2D eigenvalue weighted by Crippen LogP contribution is -2.13. The molecule has 0 bridgehead atoms. The zero-order valence-electron chi connectivity index (χ0n) is 13.6. The van der Waals surface area contributed by atoms with E-state index in [0.717, 1.165) is 5.56 Å². The van der Waals surface area contributed by atoms with E-state index in [1.165, 1.54) is 30.6 Å². The molecule has 1 aromatic heterocycles. The first-order chi connectivity index (χ1) is 12.1. The predicted octanol–water partition coefficient (Wildman–Crippen LogP) is 4.22. The number of hydrogen-bond donors (Lipinski definition) is 1. The van der Waals surface area contributed by atoms with Crippen LogP contribution in [0.1, 0.15) is 10.5 Å². The first-order valence-electron chi connectivity index (χ1n) is 7.35. The number of methoxy groups -OCH3 is 2. The topological polar surface area (TPSA) is 60.5 Å². The number of thiazole rings is 1. The summed E-state index contributed by atoms with van der Waals surface area (Å²) in [6.45, 7) is 0. The van der Waals surface area contributed by atoms with Crippen LogP contribution < -0.4 is 14.8 Å². The Labute approximate surface area is 148 Å². The summed E-state index contributed by atoms with van der Waals surface area (Å²) in [5.74, 6) is 0.434. The normalized spacial score (nSPS) is 10.4. The van der Waals surface area contributed by atoms with Crippen molar-refractivity contribution >= 4 is 22.9 Å². The molecule has 1 heterocycles. The van der Waals surface area contributed by atoms with Crippen molar-refractivity contribution in [2.24, 2.45) is 0 Å². The zero-order chi connectivity index (χ0) is 17.8. The fourth-order valence-electron chi connectivity index (χ4n) is 2.20. The van der Waals surface area contributed by atoms with E-state index in [-0.39, 0.29) is 17.4 Å². The largest absolute Gasteiger partial charge is 0.497 e. The lowest BCUT2D eigenvalue weighted by Gasteiger charge is -2.10. The Kier molecular flexibility index (Phi) is 4.95. The van der Waals surface area contributed by atoms with Gasteiger partial charge in [0.2, 0.25) is 0 Å². The molecule has 0 saturated carbocycles. The second-order valence-electron chi connectivity index (χ2n) is 5.07. The summed E-state index contributed by atoms with van der Waals surface area (Å²) >= 11 is 1.31. The zero-order valence-corrected chi connectivity index (χ0v) is 14.4. The van der Waals surface area contributed by atoms with Crippen LogP contribution in [0, 0.1) is 5.82 Å². The molecule has 7 heteroatoms. The molecule has 0 aliphatic heterocycles. The molecule has 1 amide bonds. The Morgan fingerprint density at radius 2 is 1.88 bits per heavy atom. The number of carbonyl (C=O) groups is 1. The van der Waals surface area contributed by atoms with Crippen LogP contribution in [0.5, 0.6) is 11.5 Å². The van der Waals surface area contributed by atoms with Gasteiger partial charge < -0.3 is 14.8 Å². The van der Waals surface area contributed by atoms with E-state index >= 15 is 0 Å². The van der Waals surface area contributed by atoms with Crippen LogP contribution in [-0.2, 0) is 0 Å². The SMILES string of the molecule is COc1ccc(OC)c(NC(=O)c2csc(-c3ccc(F)cc3)n2)c1. The highest BCUT2D eigenvalue weighted by Gasteiger charge is 2.15. The maximum absolute atomic E-state index is 13.0. The minimum Gasteiger partial charge on any atom is -0.497 e. The van der Waals surface area contributed by atoms with E-state index in [9.17, 15) is 9.18 Å². The first kappa shape index (κ1) is 16.9. The third kappa shape index (κ3) is 3.77. The van der Waals surface area contributed by atoms with Gasteiger partial charge >= 0.3 is 0 Å². The number of nitrogens with one attached hydrogen (secondary N) is 1. The summed E-state index contributed by atoms with van der Waals surface area (Å²) in [5.41, 5.74) is 1.52. The van der Waals surface area contributed by atoms with Crippen molar-refractivity contribution in [3.63, 3.8) is 0 Å². The number of rotatable bonds is 5. The van der Waals surface area contributed by atoms with E-state index in [1.807, 2.05) is 0 Å². The molecule has 0 radical (unpaired) electrons. The third-order valence-electron chi connectivity index (χ3n) is 3.48. The van der Waals surface area contributed by atoms with Gasteiger partial charge in [0.1, 0.15) is 28.0 Å². The summed E-state index contributed by atoms with van der Waals surface area (Å²) in [5, 5.41) is 5.06. The molecule has 0 aliphatic carbocycles. The number of aromatic nitrogens is 1. The quantitative estimate of drug-likeness (QED) is 0.742. The molecule has 0 unspecified atom stereocenters. The van der Waals surface area contributed by atoms with Gasteiger partial charge in [-0.1, -0.05) is 0 Å². The van der Waals surface area contributed by atoms with Crippen LogP contribution in [0.15, 0.2) is 47.8 Å². The molecule has 1 N–H and O–H groups in total. The number of amides is 1. The smallest absolute Gasteiger partial charge is 0.275 e. The summed E-state index contributed by atoms with van der Waals surface area (Å²) in [6, 6.07) is 11.1. The average molecular weight is 358 g/mol. The molecule has 0 spiro atoms. The summed E-state index contributed by atoms with van der Waals surface area (Å²) in [7, 11) is 3.07. The predicted molar refractivity (Wildman–Crippen MR) is 95.0 cm³/mol. The monoisotopic (exact) mass is 358 g/mol. The Morgan fingerprint density at radius 3 is 2.56 bits per heavy atom. The molecular formula is C18H15FN2O3S. The van der Waals surface area contributed by atoms with Crippen LogP contribution in [0.4, 0.5) is 10.1 Å². The second-order valence-corrected chi connectivity index (χ2v) is 5.92. The molecular weight excluding hydrogens is 343 g/mol. The van der Waals surface area contributed by atoms with E-state index in [2.05, 4.69) is 10.3 Å². The highest BCUT2D eigenvalue weighted by Crippen LogP contribution is 2.30. The number of ether oxygens (including phenoxy) is 2. The van der Waals surface area contributed by atoms with Gasteiger partial charge in [-0.25, -0.2) is 9.37 Å². The average Bonchev–Trinajstić information content (AvgIpc) is 3.12. The lowest BCUT2D eigenvalue weighted by atomic mass is 10.2. The molecule has 0 aliphatic rings. The number of benzene rings is 2. The molecule has 3 aromatic rings. The summed E-state index contributed by atoms with van der Waals surface area (Å²) in [4.78, 5) is 16.8. The van der Waals surface area contributed by atoms with Gasteiger partial charge in [-0.3, -0.25) is 4.79 Å². The van der Waals surface area contributed by atoms with Crippen LogP contribution >= 0.6 is 11.3 Å². The van der Waals surface area contributed by atoms with Gasteiger partial charge in [0.25, 0.3) is 5.91 Å². The van der Waals surface area contributed by atoms with Crippen molar-refractivity contribution in [3.8, 4) is 22.1 Å². The Morgan fingerprint density at radius 1 is 1.12 bits per heavy atom. The highest BCUT2D eigenvalue weighted by molar-refractivity contribution is 7.13. The van der Waals surface area contributed by atoms with E-state index in [0.29, 0.717) is 22.2 Å². The molecule has 128 valence electrons. The van der Waals surface area contributed by atoms with E-state index < -0.39 is 0 Å². The van der Waals surface area contributed by atoms with Gasteiger partial charge in [0.15, 0.2) is 0 Å². The molecule has 5 nitrogen and oxygen atoms in total. The molecule has 0 fully saturated rings. The van der Waals surface area contributed by atoms with Crippen LogP contribution in [0.3, 0.4) is 0 Å². The summed E-state index contributed by atoms with van der Waals surface area (Å²) in [6.07, 6.45) is 0. The number of halogens is 1. The van der Waals surface area contributed by atoms with Crippen LogP contribution in [-0.4, -0.2) is 25.1 Å². The van der Waals surface area contributed by atoms with Crippen LogP contribution in [0.25, 0.3) is 10.6 Å². The molecule has 0 saturated heterocycles. The van der Waals surface area contributed by atoms with Gasteiger partial charge in [0, 0.05) is 17.0 Å². The summed E-state index contributed by atoms with van der Waals surface area (Å²) < 4.78 is 23.4. The minimum absolute atomic E-state index is 0.272. The molecule has 25 heavy (non-hydrogen) atoms. The van der Waals surface area contributed by atoms with Crippen molar-refractivity contribution in [2.45, 2.75) is 0 Å². The van der Waals surface area contributed by atoms with Crippen molar-refractivity contribution in [3.05, 3.63) is 59.4 Å². The maximum Gasteiger partial charge on any atom is 0.275 e. The number of anilines is 1. The lowest BCUT2D eigenvalue weighted by molar-refractivity contribution is 0.102. The molecule has 3 rings (SSSR count). The maximum atomic E-state index is 13.0. The number of hydrogen-bond acceptors (Lipinski definition) is 5. The highest BCUT2D eigenvalue weighted by atomic mass is 32.1. The van der Waals surface area contributed by atoms with E-state index in [4.69, 9.17) is 9.47 Å². The number of carbonyl (C=O) groups excluding carboxylic acids is 1. The Bertz CT molecular complexity index is 894. The second kappa shape index (κ2) is 7.31. The van der Waals surface area contributed by atoms with Crippen molar-refractivity contribution in [1.29, 1.82) is 0 Å². The van der Waals surface area contributed by atoms with Gasteiger partial charge in [-0.2, -0.15) is 0 Å². The number of nitrogens with zero attached hydrogens (tertiary/aromatic N) is 1. The van der Waals surface area contributed by atoms with Crippen molar-refractivity contribution < 1.29 is 18.7 Å². The first-order valence-corrected chi connectivity index (χ1v) is 8.23. The van der Waals surface area contributed by atoms with Gasteiger partial charge in [-0.15, -0.1) is 11.3 Å². The van der Waals surface area contributed by atoms with Gasteiger partial charge in [0.05, 0.1) is 19.9 Å². The standard InChI is InChI=1S/C18H15FN2O3S/c1-23-13-7-8-16(24-2)14(9-13)20-17(22)15-10-25-18(21-15)11-3-5-12(19)6-4-11/h3-10H,1-2H3,(H,20,22). The Hall–Kier alpha value is -2.93. The van der Waals surface area contributed by atoms with E-state index in [1.54, 1.807) is 42.8 Å². The minimum atomic E-state index is -0.365. The molecule has 2 aromatic carbocycles. The fraction of sp³-hybridized carbons (Fsp3) is 0.111. The van der Waals surface area contributed by atoms with Crippen molar-refractivity contribution in [2.75, 3.05) is 19.5 Å². The van der Waals surface area contributed by atoms with Crippen molar-refractivity contribution in [1.82, 2.24) is 4.98 Å². The van der Waals surface area contributed by atoms with Crippen LogP contribution in [0.2, 0.25) is 0 Å². The third-order valence-corrected chi connectivity index (χ3v) is 4.37. The van der Waals surface area contributed by atoms with Gasteiger partial charge in [-0.05, 0) is 36.4 Å². The Balaban J connectivity index is 1.81. The fourth-order valence-corrected chi connectivity index (χ4v) is 3.01. The molecule has 0 atom stereocenters.